The van der Waals surface area contributed by atoms with Gasteiger partial charge in [-0.15, -0.1) is 0 Å². The quantitative estimate of drug-likeness (QED) is 0.183. The zero-order valence-electron chi connectivity index (χ0n) is 27.1. The van der Waals surface area contributed by atoms with E-state index in [2.05, 4.69) is 153 Å². The van der Waals surface area contributed by atoms with Crippen LogP contribution in [0.1, 0.15) is 25.0 Å². The molecule has 10 rings (SSSR count). The Morgan fingerprint density at radius 3 is 1.59 bits per heavy atom. The molecule has 2 aromatic heterocycles. The van der Waals surface area contributed by atoms with E-state index in [1.807, 2.05) is 6.20 Å². The second-order valence-electron chi connectivity index (χ2n) is 13.5. The monoisotopic (exact) mass is 626 g/mol. The van der Waals surface area contributed by atoms with Crippen molar-refractivity contribution in [3.8, 4) is 45.3 Å². The summed E-state index contributed by atoms with van der Waals surface area (Å²) >= 11 is 0. The van der Waals surface area contributed by atoms with Gasteiger partial charge in [0.05, 0.1) is 5.52 Å². The minimum Gasteiger partial charge on any atom is -0.256 e. The Labute approximate surface area is 283 Å². The third kappa shape index (κ3) is 4.24. The SMILES string of the molecule is CC1(C)c2cc(-c3nc(-c4ccc5ccccc5c4)nc(-c4ccc5ccccc5c4)n3)ccc2-c2c1c1cccnc1c1ccccc21. The standard InChI is InChI=1S/C45H30N4/c1-45(2)38-26-33(21-22-36(38)39-34-14-7-8-15-35(34)41-37(40(39)45)16-9-23-46-41)44-48-42(31-19-17-27-10-3-5-12-29(27)24-31)47-43(49-44)32-20-18-28-11-4-6-13-30(28)25-32/h3-26H,1-2H3. The van der Waals surface area contributed by atoms with Crippen LogP contribution in [-0.4, -0.2) is 19.9 Å². The van der Waals surface area contributed by atoms with E-state index in [0.717, 1.165) is 33.0 Å². The van der Waals surface area contributed by atoms with Gasteiger partial charge in [0.2, 0.25) is 0 Å². The summed E-state index contributed by atoms with van der Waals surface area (Å²) in [6, 6.07) is 49.3. The first kappa shape index (κ1) is 27.8. The van der Waals surface area contributed by atoms with Crippen LogP contribution in [0, 0.1) is 0 Å². The van der Waals surface area contributed by atoms with Gasteiger partial charge in [-0.25, -0.2) is 15.0 Å². The summed E-state index contributed by atoms with van der Waals surface area (Å²) in [4.78, 5) is 20.3. The van der Waals surface area contributed by atoms with Crippen molar-refractivity contribution in [2.24, 2.45) is 0 Å². The van der Waals surface area contributed by atoms with Gasteiger partial charge in [0, 0.05) is 39.1 Å². The van der Waals surface area contributed by atoms with Crippen LogP contribution in [0.5, 0.6) is 0 Å². The Kier molecular flexibility index (Phi) is 5.89. The van der Waals surface area contributed by atoms with E-state index in [-0.39, 0.29) is 5.41 Å². The lowest BCUT2D eigenvalue weighted by Crippen LogP contribution is -2.16. The van der Waals surface area contributed by atoms with Crippen LogP contribution in [0.2, 0.25) is 0 Å². The molecule has 0 N–H and O–H groups in total. The molecule has 0 amide bonds. The summed E-state index contributed by atoms with van der Waals surface area (Å²) in [6.07, 6.45) is 1.90. The number of benzene rings is 7. The molecule has 0 radical (unpaired) electrons. The number of hydrogen-bond donors (Lipinski definition) is 0. The van der Waals surface area contributed by atoms with Crippen molar-refractivity contribution in [1.82, 2.24) is 19.9 Å². The normalized spacial score (nSPS) is 13.3. The maximum atomic E-state index is 5.16. The third-order valence-corrected chi connectivity index (χ3v) is 10.3. The molecule has 0 unspecified atom stereocenters. The van der Waals surface area contributed by atoms with Gasteiger partial charge in [0.1, 0.15) is 0 Å². The zero-order chi connectivity index (χ0) is 32.7. The van der Waals surface area contributed by atoms with Crippen LogP contribution >= 0.6 is 0 Å². The Morgan fingerprint density at radius 2 is 0.959 bits per heavy atom. The van der Waals surface area contributed by atoms with Gasteiger partial charge in [-0.2, -0.15) is 0 Å². The van der Waals surface area contributed by atoms with Crippen LogP contribution in [0.3, 0.4) is 0 Å². The molecule has 0 saturated carbocycles. The van der Waals surface area contributed by atoms with Crippen LogP contribution < -0.4 is 0 Å². The maximum absolute atomic E-state index is 5.16. The lowest BCUT2D eigenvalue weighted by atomic mass is 9.79. The Bertz CT molecular complexity index is 2720. The zero-order valence-corrected chi connectivity index (χ0v) is 27.1. The van der Waals surface area contributed by atoms with Crippen molar-refractivity contribution in [2.45, 2.75) is 19.3 Å². The number of fused-ring (bicyclic) bond motifs is 10. The Morgan fingerprint density at radius 1 is 0.449 bits per heavy atom. The van der Waals surface area contributed by atoms with E-state index in [1.165, 1.54) is 49.2 Å². The molecule has 49 heavy (non-hydrogen) atoms. The van der Waals surface area contributed by atoms with E-state index in [1.54, 1.807) is 0 Å². The molecule has 4 heteroatoms. The van der Waals surface area contributed by atoms with E-state index in [0.29, 0.717) is 17.5 Å². The summed E-state index contributed by atoms with van der Waals surface area (Å²) < 4.78 is 0. The molecule has 0 fully saturated rings. The summed E-state index contributed by atoms with van der Waals surface area (Å²) in [5.41, 5.74) is 8.82. The van der Waals surface area contributed by atoms with Crippen LogP contribution in [0.15, 0.2) is 146 Å². The average molecular weight is 627 g/mol. The molecule has 1 aliphatic carbocycles. The molecule has 7 aromatic carbocycles. The molecule has 0 saturated heterocycles. The largest absolute Gasteiger partial charge is 0.256 e. The van der Waals surface area contributed by atoms with Crippen molar-refractivity contribution in [3.63, 3.8) is 0 Å². The van der Waals surface area contributed by atoms with Crippen LogP contribution in [-0.2, 0) is 5.41 Å². The van der Waals surface area contributed by atoms with Crippen molar-refractivity contribution < 1.29 is 0 Å². The van der Waals surface area contributed by atoms with Gasteiger partial charge in [-0.05, 0) is 73.5 Å². The molecular formula is C45H30N4. The third-order valence-electron chi connectivity index (χ3n) is 10.3. The fourth-order valence-electron chi connectivity index (χ4n) is 7.90. The maximum Gasteiger partial charge on any atom is 0.164 e. The van der Waals surface area contributed by atoms with E-state index >= 15 is 0 Å². The average Bonchev–Trinajstić information content (AvgIpc) is 3.40. The fraction of sp³-hybridized carbons (Fsp3) is 0.0667. The van der Waals surface area contributed by atoms with E-state index in [9.17, 15) is 0 Å². The molecule has 0 spiro atoms. The van der Waals surface area contributed by atoms with Crippen LogP contribution in [0.4, 0.5) is 0 Å². The summed E-state index contributed by atoms with van der Waals surface area (Å²) in [5, 5.41) is 8.30. The highest BCUT2D eigenvalue weighted by molar-refractivity contribution is 6.17. The lowest BCUT2D eigenvalue weighted by molar-refractivity contribution is 0.666. The second kappa shape index (κ2) is 10.4. The first-order valence-electron chi connectivity index (χ1n) is 16.7. The summed E-state index contributed by atoms with van der Waals surface area (Å²) in [6.45, 7) is 4.66. The van der Waals surface area contributed by atoms with Gasteiger partial charge in [-0.3, -0.25) is 4.98 Å². The van der Waals surface area contributed by atoms with Crippen molar-refractivity contribution in [1.29, 1.82) is 0 Å². The minimum atomic E-state index is -0.263. The lowest BCUT2D eigenvalue weighted by Gasteiger charge is -2.24. The van der Waals surface area contributed by atoms with Gasteiger partial charge in [0.25, 0.3) is 0 Å². The van der Waals surface area contributed by atoms with Crippen molar-refractivity contribution >= 4 is 43.2 Å². The number of pyridine rings is 1. The number of hydrogen-bond acceptors (Lipinski definition) is 4. The van der Waals surface area contributed by atoms with Gasteiger partial charge >= 0.3 is 0 Å². The summed E-state index contributed by atoms with van der Waals surface area (Å²) in [5.74, 6) is 1.97. The molecule has 2 heterocycles. The molecule has 0 aliphatic heterocycles. The molecule has 0 atom stereocenters. The highest BCUT2D eigenvalue weighted by Crippen LogP contribution is 2.54. The molecule has 1 aliphatic rings. The summed E-state index contributed by atoms with van der Waals surface area (Å²) in [7, 11) is 0. The predicted octanol–water partition coefficient (Wildman–Crippen LogP) is 11.2. The number of aromatic nitrogens is 4. The number of rotatable bonds is 3. The van der Waals surface area contributed by atoms with E-state index in [4.69, 9.17) is 19.9 Å². The molecule has 230 valence electrons. The molecule has 0 bridgehead atoms. The highest BCUT2D eigenvalue weighted by Gasteiger charge is 2.39. The van der Waals surface area contributed by atoms with Gasteiger partial charge in [0.15, 0.2) is 17.5 Å². The second-order valence-corrected chi connectivity index (χ2v) is 13.5. The van der Waals surface area contributed by atoms with Gasteiger partial charge in [-0.1, -0.05) is 129 Å². The Hall–Kier alpha value is -6.26. The molecular weight excluding hydrogens is 597 g/mol. The highest BCUT2D eigenvalue weighted by atomic mass is 15.0. The first-order valence-corrected chi connectivity index (χ1v) is 16.7. The van der Waals surface area contributed by atoms with Crippen molar-refractivity contribution in [2.75, 3.05) is 0 Å². The molecule has 9 aromatic rings. The minimum absolute atomic E-state index is 0.263. The van der Waals surface area contributed by atoms with E-state index < -0.39 is 0 Å². The predicted molar refractivity (Wildman–Crippen MR) is 202 cm³/mol. The van der Waals surface area contributed by atoms with Crippen LogP contribution in [0.25, 0.3) is 88.5 Å². The first-order chi connectivity index (χ1) is 24.0. The van der Waals surface area contributed by atoms with Gasteiger partial charge < -0.3 is 0 Å². The molecule has 4 nitrogen and oxygen atoms in total. The Balaban J connectivity index is 1.19. The number of nitrogens with zero attached hydrogens (tertiary/aromatic N) is 4. The topological polar surface area (TPSA) is 51.6 Å². The van der Waals surface area contributed by atoms with Crippen molar-refractivity contribution in [3.05, 3.63) is 157 Å². The smallest absolute Gasteiger partial charge is 0.164 e. The fourth-order valence-corrected chi connectivity index (χ4v) is 7.90.